The van der Waals surface area contributed by atoms with Crippen LogP contribution in [0.25, 0.3) is 0 Å². The lowest BCUT2D eigenvalue weighted by Crippen LogP contribution is -2.47. The van der Waals surface area contributed by atoms with Crippen LogP contribution in [0.2, 0.25) is 0 Å². The Labute approximate surface area is 176 Å². The van der Waals surface area contributed by atoms with E-state index in [1.54, 1.807) is 30.3 Å². The number of amides is 2. The second-order valence-corrected chi connectivity index (χ2v) is 9.41. The van der Waals surface area contributed by atoms with E-state index >= 15 is 0 Å². The summed E-state index contributed by atoms with van der Waals surface area (Å²) in [6.07, 6.45) is 1.88. The number of hydrogen-bond acceptors (Lipinski definition) is 7. The Morgan fingerprint density at radius 3 is 2.53 bits per heavy atom. The molecule has 0 bridgehead atoms. The molecular weight excluding hydrogens is 412 g/mol. The summed E-state index contributed by atoms with van der Waals surface area (Å²) in [6, 6.07) is 6.42. The number of aliphatic hydroxyl groups is 1. The van der Waals surface area contributed by atoms with Crippen LogP contribution >= 0.6 is 0 Å². The van der Waals surface area contributed by atoms with Gasteiger partial charge in [0.2, 0.25) is 0 Å². The molecule has 166 valence electrons. The number of benzene rings is 1. The second-order valence-electron chi connectivity index (χ2n) is 7.18. The molecular formula is C20H28N2O7S. The fraction of sp³-hybridized carbons (Fsp3) is 0.550. The molecule has 2 unspecified atom stereocenters. The topological polar surface area (TPSA) is 130 Å². The van der Waals surface area contributed by atoms with E-state index in [1.165, 1.54) is 4.90 Å². The zero-order chi connectivity index (χ0) is 22.1. The quantitative estimate of drug-likeness (QED) is 0.495. The molecule has 1 heterocycles. The van der Waals surface area contributed by atoms with E-state index in [4.69, 9.17) is 4.74 Å². The van der Waals surface area contributed by atoms with Gasteiger partial charge >= 0.3 is 5.97 Å². The zero-order valence-corrected chi connectivity index (χ0v) is 17.8. The first kappa shape index (κ1) is 23.8. The van der Waals surface area contributed by atoms with E-state index < -0.39 is 52.9 Å². The smallest absolute Gasteiger partial charge is 0.331 e. The van der Waals surface area contributed by atoms with E-state index in [2.05, 4.69) is 5.32 Å². The number of rotatable bonds is 10. The number of ether oxygens (including phenoxy) is 1. The number of aliphatic hydroxyl groups excluding tert-OH is 1. The summed E-state index contributed by atoms with van der Waals surface area (Å²) in [4.78, 5) is 38.5. The second kappa shape index (κ2) is 11.1. The first-order chi connectivity index (χ1) is 14.3. The van der Waals surface area contributed by atoms with Gasteiger partial charge in [0.05, 0.1) is 18.1 Å². The van der Waals surface area contributed by atoms with Crippen LogP contribution in [0.4, 0.5) is 0 Å². The first-order valence-corrected chi connectivity index (χ1v) is 11.7. The molecule has 2 atom stereocenters. The minimum atomic E-state index is -3.17. The molecule has 1 saturated heterocycles. The highest BCUT2D eigenvalue weighted by atomic mass is 32.2. The van der Waals surface area contributed by atoms with E-state index in [1.807, 2.05) is 6.92 Å². The van der Waals surface area contributed by atoms with Crippen molar-refractivity contribution in [2.75, 3.05) is 31.3 Å². The molecule has 2 amide bonds. The largest absolute Gasteiger partial charge is 0.454 e. The molecule has 0 saturated carbocycles. The van der Waals surface area contributed by atoms with E-state index in [9.17, 15) is 27.9 Å². The average Bonchev–Trinajstić information content (AvgIpc) is 3.10. The third-order valence-electron chi connectivity index (χ3n) is 4.87. The number of unbranched alkanes of at least 4 members (excludes halogenated alkanes) is 1. The molecule has 30 heavy (non-hydrogen) atoms. The number of nitrogens with one attached hydrogen (secondary N) is 1. The molecule has 2 rings (SSSR count). The van der Waals surface area contributed by atoms with Crippen LogP contribution in [0, 0.1) is 0 Å². The number of hydrogen-bond donors (Lipinski definition) is 2. The molecule has 2 N–H and O–H groups in total. The van der Waals surface area contributed by atoms with Crippen molar-refractivity contribution in [3.8, 4) is 0 Å². The summed E-state index contributed by atoms with van der Waals surface area (Å²) in [5.41, 5.74) is 0.313. The van der Waals surface area contributed by atoms with Crippen molar-refractivity contribution in [2.24, 2.45) is 0 Å². The highest BCUT2D eigenvalue weighted by molar-refractivity contribution is 7.91. The van der Waals surface area contributed by atoms with Gasteiger partial charge in [-0.2, -0.15) is 0 Å². The lowest BCUT2D eigenvalue weighted by molar-refractivity contribution is -0.155. The molecule has 0 radical (unpaired) electrons. The molecule has 0 spiro atoms. The van der Waals surface area contributed by atoms with E-state index in [0.717, 1.165) is 6.42 Å². The fourth-order valence-corrected chi connectivity index (χ4v) is 4.92. The predicted octanol–water partition coefficient (Wildman–Crippen LogP) is 0.136. The van der Waals surface area contributed by atoms with Crippen LogP contribution in [-0.2, 0) is 24.2 Å². The lowest BCUT2D eigenvalue weighted by Gasteiger charge is -2.28. The number of carbonyl (C=O) groups is 3. The third kappa shape index (κ3) is 6.81. The van der Waals surface area contributed by atoms with Gasteiger partial charge in [-0.05, 0) is 25.0 Å². The Kier molecular flexibility index (Phi) is 8.79. The predicted molar refractivity (Wildman–Crippen MR) is 109 cm³/mol. The summed E-state index contributed by atoms with van der Waals surface area (Å²) in [7, 11) is -3.17. The molecule has 1 fully saturated rings. The molecule has 0 aromatic heterocycles. The minimum absolute atomic E-state index is 0.0332. The van der Waals surface area contributed by atoms with Crippen molar-refractivity contribution < 1.29 is 32.6 Å². The minimum Gasteiger partial charge on any atom is -0.454 e. The maximum atomic E-state index is 12.6. The highest BCUT2D eigenvalue weighted by Gasteiger charge is 2.35. The summed E-state index contributed by atoms with van der Waals surface area (Å²) < 4.78 is 28.5. The monoisotopic (exact) mass is 440 g/mol. The molecule has 9 nitrogen and oxygen atoms in total. The molecule has 1 aromatic rings. The van der Waals surface area contributed by atoms with Crippen molar-refractivity contribution in [1.29, 1.82) is 0 Å². The van der Waals surface area contributed by atoms with Gasteiger partial charge in [-0.3, -0.25) is 9.59 Å². The molecule has 10 heteroatoms. The zero-order valence-electron chi connectivity index (χ0n) is 17.0. The average molecular weight is 441 g/mol. The standard InChI is InChI=1S/C20H28N2O7S/c1-2-3-10-22(16-9-11-30(27,28)14-16)18(24)13-29-20(26)17(12-23)21-19(25)15-7-5-4-6-8-15/h4-8,16-17,23H,2-3,9-14H2,1H3,(H,21,25). The van der Waals surface area contributed by atoms with Crippen molar-refractivity contribution in [1.82, 2.24) is 10.2 Å². The lowest BCUT2D eigenvalue weighted by atomic mass is 10.2. The molecule has 1 aliphatic rings. The number of carbonyl (C=O) groups excluding carboxylic acids is 3. The Morgan fingerprint density at radius 2 is 1.97 bits per heavy atom. The van der Waals surface area contributed by atoms with Crippen molar-refractivity contribution >= 4 is 27.6 Å². The van der Waals surface area contributed by atoms with Gasteiger partial charge in [-0.15, -0.1) is 0 Å². The van der Waals surface area contributed by atoms with E-state index in [-0.39, 0.29) is 11.5 Å². The van der Waals surface area contributed by atoms with Crippen molar-refractivity contribution in [3.63, 3.8) is 0 Å². The van der Waals surface area contributed by atoms with Gasteiger partial charge in [0, 0.05) is 18.2 Å². The highest BCUT2D eigenvalue weighted by Crippen LogP contribution is 2.18. The first-order valence-electron chi connectivity index (χ1n) is 9.90. The number of nitrogens with zero attached hydrogens (tertiary/aromatic N) is 1. The third-order valence-corrected chi connectivity index (χ3v) is 6.62. The maximum absolute atomic E-state index is 12.6. The van der Waals surface area contributed by atoms with Gasteiger partial charge < -0.3 is 20.1 Å². The van der Waals surface area contributed by atoms with Crippen LogP contribution in [0.1, 0.15) is 36.5 Å². The molecule has 1 aliphatic heterocycles. The normalized spacial score (nSPS) is 18.4. The number of sulfone groups is 1. The van der Waals surface area contributed by atoms with Crippen LogP contribution in [0.3, 0.4) is 0 Å². The van der Waals surface area contributed by atoms with E-state index in [0.29, 0.717) is 24.9 Å². The van der Waals surface area contributed by atoms with Crippen molar-refractivity contribution in [3.05, 3.63) is 35.9 Å². The van der Waals surface area contributed by atoms with Crippen LogP contribution < -0.4 is 5.32 Å². The Hall–Kier alpha value is -2.46. The summed E-state index contributed by atoms with van der Waals surface area (Å²) >= 11 is 0. The summed E-state index contributed by atoms with van der Waals surface area (Å²) in [5.74, 6) is -2.05. The van der Waals surface area contributed by atoms with Gasteiger partial charge in [0.15, 0.2) is 22.5 Å². The van der Waals surface area contributed by atoms with Crippen molar-refractivity contribution in [2.45, 2.75) is 38.3 Å². The molecule has 1 aromatic carbocycles. The van der Waals surface area contributed by atoms with Crippen LogP contribution in [-0.4, -0.2) is 79.6 Å². The Morgan fingerprint density at radius 1 is 1.27 bits per heavy atom. The SMILES string of the molecule is CCCCN(C(=O)COC(=O)C(CO)NC(=O)c1ccccc1)C1CCS(=O)(=O)C1. The Bertz CT molecular complexity index is 842. The fourth-order valence-electron chi connectivity index (χ4n) is 3.19. The van der Waals surface area contributed by atoms with Crippen LogP contribution in [0.5, 0.6) is 0 Å². The number of esters is 1. The molecule has 0 aliphatic carbocycles. The Balaban J connectivity index is 1.93. The van der Waals surface area contributed by atoms with Gasteiger partial charge in [-0.25, -0.2) is 13.2 Å². The summed E-state index contributed by atoms with van der Waals surface area (Å²) in [5, 5.41) is 11.8. The van der Waals surface area contributed by atoms with Gasteiger partial charge in [0.1, 0.15) is 0 Å². The van der Waals surface area contributed by atoms with Gasteiger partial charge in [0.25, 0.3) is 11.8 Å². The maximum Gasteiger partial charge on any atom is 0.331 e. The summed E-state index contributed by atoms with van der Waals surface area (Å²) in [6.45, 7) is 1.05. The van der Waals surface area contributed by atoms with Gasteiger partial charge in [-0.1, -0.05) is 31.5 Å². The van der Waals surface area contributed by atoms with Crippen LogP contribution in [0.15, 0.2) is 30.3 Å².